The maximum atomic E-state index is 11.3. The number of ether oxygens (including phenoxy) is 1. The first kappa shape index (κ1) is 13.1. The Kier molecular flexibility index (Phi) is 3.85. The van der Waals surface area contributed by atoms with E-state index in [-0.39, 0.29) is 5.78 Å². The van der Waals surface area contributed by atoms with Crippen LogP contribution in [0, 0.1) is 0 Å². The molecule has 0 spiro atoms. The molecule has 0 unspecified atom stereocenters. The third-order valence-electron chi connectivity index (χ3n) is 2.81. The molecule has 2 rings (SSSR count). The minimum atomic E-state index is 0.0347. The van der Waals surface area contributed by atoms with Gasteiger partial charge in [0.15, 0.2) is 5.78 Å². The van der Waals surface area contributed by atoms with Crippen LogP contribution in [0.4, 0.5) is 5.69 Å². The first-order valence-corrected chi connectivity index (χ1v) is 6.12. The second kappa shape index (κ2) is 5.57. The second-order valence-corrected chi connectivity index (χ2v) is 4.58. The van der Waals surface area contributed by atoms with Gasteiger partial charge in [0.05, 0.1) is 0 Å². The summed E-state index contributed by atoms with van der Waals surface area (Å²) in [7, 11) is 3.96. The third kappa shape index (κ3) is 3.35. The summed E-state index contributed by atoms with van der Waals surface area (Å²) in [5.74, 6) is 1.46. The molecule has 0 heterocycles. The summed E-state index contributed by atoms with van der Waals surface area (Å²) in [6.07, 6.45) is 0. The van der Waals surface area contributed by atoms with Crippen molar-refractivity contribution in [3.63, 3.8) is 0 Å². The van der Waals surface area contributed by atoms with E-state index in [1.165, 1.54) is 0 Å². The molecule has 0 bridgehead atoms. The van der Waals surface area contributed by atoms with Crippen LogP contribution in [0.15, 0.2) is 48.5 Å². The van der Waals surface area contributed by atoms with Crippen molar-refractivity contribution in [3.8, 4) is 11.5 Å². The van der Waals surface area contributed by atoms with E-state index in [4.69, 9.17) is 4.74 Å². The lowest BCUT2D eigenvalue weighted by Gasteiger charge is -2.14. The molecular formula is C16H17NO2. The number of benzene rings is 2. The van der Waals surface area contributed by atoms with Crippen molar-refractivity contribution in [2.45, 2.75) is 6.92 Å². The summed E-state index contributed by atoms with van der Waals surface area (Å²) < 4.78 is 5.78. The number of ketones is 1. The van der Waals surface area contributed by atoms with Gasteiger partial charge in [0, 0.05) is 31.4 Å². The number of carbonyl (C=O) groups is 1. The lowest BCUT2D eigenvalue weighted by molar-refractivity contribution is 0.101. The summed E-state index contributed by atoms with van der Waals surface area (Å²) in [6, 6.07) is 15.0. The predicted octanol–water partition coefficient (Wildman–Crippen LogP) is 3.75. The van der Waals surface area contributed by atoms with Crippen LogP contribution in [-0.2, 0) is 0 Å². The summed E-state index contributed by atoms with van der Waals surface area (Å²) in [5.41, 5.74) is 1.72. The van der Waals surface area contributed by atoms with E-state index < -0.39 is 0 Å². The maximum absolute atomic E-state index is 11.3. The molecular weight excluding hydrogens is 238 g/mol. The van der Waals surface area contributed by atoms with Gasteiger partial charge >= 0.3 is 0 Å². The van der Waals surface area contributed by atoms with Crippen molar-refractivity contribution in [2.24, 2.45) is 0 Å². The molecule has 0 aliphatic rings. The highest BCUT2D eigenvalue weighted by Crippen LogP contribution is 2.25. The number of Topliss-reactive ketones (excluding diaryl/α,β-unsaturated/α-hetero) is 1. The van der Waals surface area contributed by atoms with E-state index in [1.807, 2.05) is 55.4 Å². The summed E-state index contributed by atoms with van der Waals surface area (Å²) >= 11 is 0. The van der Waals surface area contributed by atoms with Gasteiger partial charge in [-0.05, 0) is 31.2 Å². The highest BCUT2D eigenvalue weighted by molar-refractivity contribution is 5.94. The van der Waals surface area contributed by atoms with Gasteiger partial charge in [0.2, 0.25) is 0 Å². The van der Waals surface area contributed by atoms with Crippen LogP contribution in [0.5, 0.6) is 11.5 Å². The molecule has 0 aliphatic carbocycles. The zero-order valence-corrected chi connectivity index (χ0v) is 11.4. The fourth-order valence-electron chi connectivity index (χ4n) is 1.74. The third-order valence-corrected chi connectivity index (χ3v) is 2.81. The van der Waals surface area contributed by atoms with Crippen molar-refractivity contribution >= 4 is 11.5 Å². The zero-order chi connectivity index (χ0) is 13.8. The Morgan fingerprint density at radius 3 is 2.26 bits per heavy atom. The van der Waals surface area contributed by atoms with Crippen molar-refractivity contribution in [1.29, 1.82) is 0 Å². The fourth-order valence-corrected chi connectivity index (χ4v) is 1.74. The van der Waals surface area contributed by atoms with Gasteiger partial charge in [-0.15, -0.1) is 0 Å². The minimum absolute atomic E-state index is 0.0347. The largest absolute Gasteiger partial charge is 0.457 e. The summed E-state index contributed by atoms with van der Waals surface area (Å²) in [4.78, 5) is 13.3. The molecule has 2 aromatic rings. The Morgan fingerprint density at radius 1 is 1.00 bits per heavy atom. The number of carbonyl (C=O) groups excluding carboxylic acids is 1. The SMILES string of the molecule is CC(=O)c1cccc(Oc2cccc(N(C)C)c2)c1. The van der Waals surface area contributed by atoms with Gasteiger partial charge in [-0.2, -0.15) is 0 Å². The molecule has 98 valence electrons. The first-order valence-electron chi connectivity index (χ1n) is 6.12. The summed E-state index contributed by atoms with van der Waals surface area (Å²) in [6.45, 7) is 1.55. The molecule has 0 amide bonds. The average Bonchev–Trinajstić information content (AvgIpc) is 2.39. The Morgan fingerprint density at radius 2 is 1.63 bits per heavy atom. The van der Waals surface area contributed by atoms with Crippen molar-refractivity contribution in [2.75, 3.05) is 19.0 Å². The van der Waals surface area contributed by atoms with Gasteiger partial charge < -0.3 is 9.64 Å². The number of nitrogens with zero attached hydrogens (tertiary/aromatic N) is 1. The monoisotopic (exact) mass is 255 g/mol. The molecule has 3 nitrogen and oxygen atoms in total. The number of hydrogen-bond donors (Lipinski definition) is 0. The quantitative estimate of drug-likeness (QED) is 0.779. The Balaban J connectivity index is 2.23. The Bertz CT molecular complexity index is 591. The second-order valence-electron chi connectivity index (χ2n) is 4.58. The van der Waals surface area contributed by atoms with E-state index in [2.05, 4.69) is 0 Å². The van der Waals surface area contributed by atoms with Gasteiger partial charge in [0.1, 0.15) is 11.5 Å². The van der Waals surface area contributed by atoms with E-state index in [0.29, 0.717) is 11.3 Å². The van der Waals surface area contributed by atoms with Crippen molar-refractivity contribution in [3.05, 3.63) is 54.1 Å². The standard InChI is InChI=1S/C16H17NO2/c1-12(18)13-6-4-8-15(10-13)19-16-9-5-7-14(11-16)17(2)3/h4-11H,1-3H3. The van der Waals surface area contributed by atoms with E-state index in [0.717, 1.165) is 11.4 Å². The van der Waals surface area contributed by atoms with Crippen LogP contribution in [0.1, 0.15) is 17.3 Å². The molecule has 2 aromatic carbocycles. The molecule has 0 saturated heterocycles. The summed E-state index contributed by atoms with van der Waals surface area (Å²) in [5, 5.41) is 0. The number of anilines is 1. The van der Waals surface area contributed by atoms with Crippen LogP contribution < -0.4 is 9.64 Å². The molecule has 0 radical (unpaired) electrons. The van der Waals surface area contributed by atoms with E-state index in [9.17, 15) is 4.79 Å². The van der Waals surface area contributed by atoms with Crippen molar-refractivity contribution < 1.29 is 9.53 Å². The van der Waals surface area contributed by atoms with Gasteiger partial charge in [0.25, 0.3) is 0 Å². The molecule has 0 N–H and O–H groups in total. The molecule has 19 heavy (non-hydrogen) atoms. The van der Waals surface area contributed by atoms with Gasteiger partial charge in [-0.3, -0.25) is 4.79 Å². The first-order chi connectivity index (χ1) is 9.06. The number of rotatable bonds is 4. The van der Waals surface area contributed by atoms with Gasteiger partial charge in [-0.25, -0.2) is 0 Å². The molecule has 0 aliphatic heterocycles. The van der Waals surface area contributed by atoms with Crippen LogP contribution in [0.25, 0.3) is 0 Å². The number of hydrogen-bond acceptors (Lipinski definition) is 3. The minimum Gasteiger partial charge on any atom is -0.457 e. The Hall–Kier alpha value is -2.29. The van der Waals surface area contributed by atoms with Crippen LogP contribution in [-0.4, -0.2) is 19.9 Å². The lowest BCUT2D eigenvalue weighted by atomic mass is 10.1. The zero-order valence-electron chi connectivity index (χ0n) is 11.4. The van der Waals surface area contributed by atoms with E-state index in [1.54, 1.807) is 19.1 Å². The smallest absolute Gasteiger partial charge is 0.159 e. The fraction of sp³-hybridized carbons (Fsp3) is 0.188. The lowest BCUT2D eigenvalue weighted by Crippen LogP contribution is -2.08. The predicted molar refractivity (Wildman–Crippen MR) is 77.3 cm³/mol. The van der Waals surface area contributed by atoms with Crippen LogP contribution in [0.3, 0.4) is 0 Å². The topological polar surface area (TPSA) is 29.5 Å². The van der Waals surface area contributed by atoms with E-state index >= 15 is 0 Å². The highest BCUT2D eigenvalue weighted by atomic mass is 16.5. The van der Waals surface area contributed by atoms with Crippen LogP contribution in [0.2, 0.25) is 0 Å². The maximum Gasteiger partial charge on any atom is 0.159 e. The molecule has 3 heteroatoms. The average molecular weight is 255 g/mol. The normalized spacial score (nSPS) is 10.1. The Labute approximate surface area is 113 Å². The molecule has 0 aromatic heterocycles. The molecule has 0 fully saturated rings. The molecule has 0 saturated carbocycles. The molecule has 0 atom stereocenters. The van der Waals surface area contributed by atoms with Crippen molar-refractivity contribution in [1.82, 2.24) is 0 Å². The highest BCUT2D eigenvalue weighted by Gasteiger charge is 2.03. The van der Waals surface area contributed by atoms with Crippen LogP contribution >= 0.6 is 0 Å². The van der Waals surface area contributed by atoms with Gasteiger partial charge in [-0.1, -0.05) is 18.2 Å².